The second-order valence-electron chi connectivity index (χ2n) is 6.28. The molecule has 0 bridgehead atoms. The Labute approximate surface area is 100 Å². The molecule has 2 rings (SSSR count). The fraction of sp³-hybridized carbons (Fsp3) is 1.00. The van der Waals surface area contributed by atoms with Gasteiger partial charge in [-0.25, -0.2) is 0 Å². The first-order chi connectivity index (χ1) is 7.61. The van der Waals surface area contributed by atoms with Crippen LogP contribution in [0, 0.1) is 11.8 Å². The van der Waals surface area contributed by atoms with Gasteiger partial charge >= 0.3 is 0 Å². The molecule has 0 heterocycles. The van der Waals surface area contributed by atoms with E-state index in [1.807, 2.05) is 7.11 Å². The molecule has 0 radical (unpaired) electrons. The van der Waals surface area contributed by atoms with Crippen LogP contribution in [-0.2, 0) is 4.74 Å². The fourth-order valence-corrected chi connectivity index (χ4v) is 2.53. The third-order valence-corrected chi connectivity index (χ3v) is 4.49. The highest BCUT2D eigenvalue weighted by atomic mass is 16.5. The van der Waals surface area contributed by atoms with E-state index in [4.69, 9.17) is 4.74 Å². The van der Waals surface area contributed by atoms with Gasteiger partial charge in [0.05, 0.1) is 5.60 Å². The molecule has 0 aromatic carbocycles. The van der Waals surface area contributed by atoms with Crippen LogP contribution in [0.15, 0.2) is 0 Å². The summed E-state index contributed by atoms with van der Waals surface area (Å²) in [6.45, 7) is 5.66. The Bertz CT molecular complexity index is 223. The smallest absolute Gasteiger partial charge is 0.0622 e. The van der Waals surface area contributed by atoms with Gasteiger partial charge in [-0.3, -0.25) is 0 Å². The molecule has 1 N–H and O–H groups in total. The lowest BCUT2D eigenvalue weighted by atomic mass is 9.70. The highest BCUT2D eigenvalue weighted by Crippen LogP contribution is 2.39. The van der Waals surface area contributed by atoms with E-state index in [2.05, 4.69) is 19.2 Å². The summed E-state index contributed by atoms with van der Waals surface area (Å²) in [7, 11) is 1.83. The van der Waals surface area contributed by atoms with Crippen molar-refractivity contribution >= 4 is 0 Å². The SMILES string of the molecule is COC(C)(C)CCC1CCC1CNC1CC1. The van der Waals surface area contributed by atoms with Crippen LogP contribution < -0.4 is 5.32 Å². The van der Waals surface area contributed by atoms with Crippen molar-refractivity contribution in [2.75, 3.05) is 13.7 Å². The Kier molecular flexibility index (Phi) is 3.91. The molecule has 0 spiro atoms. The number of hydrogen-bond donors (Lipinski definition) is 1. The van der Waals surface area contributed by atoms with Gasteiger partial charge in [0.25, 0.3) is 0 Å². The lowest BCUT2D eigenvalue weighted by molar-refractivity contribution is 0.00204. The van der Waals surface area contributed by atoms with Gasteiger partial charge in [-0.15, -0.1) is 0 Å². The zero-order chi connectivity index (χ0) is 11.6. The molecule has 0 aliphatic heterocycles. The molecule has 0 aromatic rings. The van der Waals surface area contributed by atoms with Crippen molar-refractivity contribution in [3.8, 4) is 0 Å². The Morgan fingerprint density at radius 1 is 1.12 bits per heavy atom. The average molecular weight is 225 g/mol. The first-order valence-corrected chi connectivity index (χ1v) is 6.89. The minimum Gasteiger partial charge on any atom is -0.379 e. The fourth-order valence-electron chi connectivity index (χ4n) is 2.53. The zero-order valence-electron chi connectivity index (χ0n) is 11.1. The van der Waals surface area contributed by atoms with Crippen molar-refractivity contribution in [1.29, 1.82) is 0 Å². The second kappa shape index (κ2) is 5.05. The van der Waals surface area contributed by atoms with Gasteiger partial charge in [0.15, 0.2) is 0 Å². The quantitative estimate of drug-likeness (QED) is 0.719. The van der Waals surface area contributed by atoms with Crippen LogP contribution >= 0.6 is 0 Å². The normalized spacial score (nSPS) is 30.2. The molecule has 2 unspecified atom stereocenters. The summed E-state index contributed by atoms with van der Waals surface area (Å²) in [4.78, 5) is 0. The number of rotatable bonds is 7. The first kappa shape index (κ1) is 12.4. The van der Waals surface area contributed by atoms with Crippen molar-refractivity contribution in [3.05, 3.63) is 0 Å². The van der Waals surface area contributed by atoms with Crippen LogP contribution in [0.3, 0.4) is 0 Å². The molecular formula is C14H27NO. The molecule has 16 heavy (non-hydrogen) atoms. The van der Waals surface area contributed by atoms with Crippen LogP contribution in [0.2, 0.25) is 0 Å². The second-order valence-corrected chi connectivity index (χ2v) is 6.28. The standard InChI is InChI=1S/C14H27NO/c1-14(2,16-3)9-8-11-4-5-12(11)10-15-13-6-7-13/h11-13,15H,4-10H2,1-3H3. The summed E-state index contributed by atoms with van der Waals surface area (Å²) in [5.74, 6) is 1.91. The van der Waals surface area contributed by atoms with Gasteiger partial charge in [-0.2, -0.15) is 0 Å². The van der Waals surface area contributed by atoms with Gasteiger partial charge in [0.2, 0.25) is 0 Å². The molecule has 2 atom stereocenters. The monoisotopic (exact) mass is 225 g/mol. The van der Waals surface area contributed by atoms with Crippen molar-refractivity contribution < 1.29 is 4.74 Å². The molecule has 0 amide bonds. The van der Waals surface area contributed by atoms with Gasteiger partial charge < -0.3 is 10.1 Å². The van der Waals surface area contributed by atoms with E-state index in [1.165, 1.54) is 45.1 Å². The minimum atomic E-state index is 0.0735. The summed E-state index contributed by atoms with van der Waals surface area (Å²) in [5, 5.41) is 3.67. The molecule has 2 aliphatic rings. The molecule has 2 heteroatoms. The van der Waals surface area contributed by atoms with E-state index < -0.39 is 0 Å². The Morgan fingerprint density at radius 2 is 1.81 bits per heavy atom. The first-order valence-electron chi connectivity index (χ1n) is 6.89. The van der Waals surface area contributed by atoms with E-state index >= 15 is 0 Å². The Morgan fingerprint density at radius 3 is 2.31 bits per heavy atom. The highest BCUT2D eigenvalue weighted by molar-refractivity contribution is 4.88. The van der Waals surface area contributed by atoms with Gasteiger partial charge in [-0.05, 0) is 70.8 Å². The van der Waals surface area contributed by atoms with Crippen molar-refractivity contribution in [1.82, 2.24) is 5.32 Å². The van der Waals surface area contributed by atoms with E-state index in [9.17, 15) is 0 Å². The van der Waals surface area contributed by atoms with E-state index in [0.29, 0.717) is 0 Å². The van der Waals surface area contributed by atoms with Crippen molar-refractivity contribution in [3.63, 3.8) is 0 Å². The predicted octanol–water partition coefficient (Wildman–Crippen LogP) is 2.97. The summed E-state index contributed by atoms with van der Waals surface area (Å²) < 4.78 is 5.48. The molecule has 2 nitrogen and oxygen atoms in total. The van der Waals surface area contributed by atoms with Gasteiger partial charge in [-0.1, -0.05) is 0 Å². The third kappa shape index (κ3) is 3.46. The number of methoxy groups -OCH3 is 1. The van der Waals surface area contributed by atoms with Crippen LogP contribution in [0.1, 0.15) is 52.4 Å². The molecule has 2 fully saturated rings. The molecule has 94 valence electrons. The summed E-state index contributed by atoms with van der Waals surface area (Å²) in [6, 6.07) is 0.872. The maximum Gasteiger partial charge on any atom is 0.0622 e. The lowest BCUT2D eigenvalue weighted by Gasteiger charge is -2.38. The predicted molar refractivity (Wildman–Crippen MR) is 67.6 cm³/mol. The van der Waals surface area contributed by atoms with E-state index in [-0.39, 0.29) is 5.60 Å². The topological polar surface area (TPSA) is 21.3 Å². The minimum absolute atomic E-state index is 0.0735. The van der Waals surface area contributed by atoms with Crippen LogP contribution in [-0.4, -0.2) is 25.3 Å². The van der Waals surface area contributed by atoms with Crippen LogP contribution in [0.5, 0.6) is 0 Å². The lowest BCUT2D eigenvalue weighted by Crippen LogP contribution is -2.37. The molecular weight excluding hydrogens is 198 g/mol. The summed E-state index contributed by atoms with van der Waals surface area (Å²) in [6.07, 6.45) is 8.25. The van der Waals surface area contributed by atoms with Crippen LogP contribution in [0.25, 0.3) is 0 Å². The largest absolute Gasteiger partial charge is 0.379 e. The third-order valence-electron chi connectivity index (χ3n) is 4.49. The number of ether oxygens (including phenoxy) is 1. The Balaban J connectivity index is 1.61. The zero-order valence-corrected chi connectivity index (χ0v) is 11.1. The molecule has 0 saturated heterocycles. The van der Waals surface area contributed by atoms with E-state index in [0.717, 1.165) is 17.9 Å². The van der Waals surface area contributed by atoms with E-state index in [1.54, 1.807) is 0 Å². The summed E-state index contributed by atoms with van der Waals surface area (Å²) in [5.41, 5.74) is 0.0735. The van der Waals surface area contributed by atoms with Crippen molar-refractivity contribution in [2.45, 2.75) is 64.0 Å². The maximum absolute atomic E-state index is 5.48. The molecule has 2 saturated carbocycles. The molecule has 2 aliphatic carbocycles. The maximum atomic E-state index is 5.48. The van der Waals surface area contributed by atoms with Gasteiger partial charge in [0.1, 0.15) is 0 Å². The summed E-state index contributed by atoms with van der Waals surface area (Å²) >= 11 is 0. The van der Waals surface area contributed by atoms with Crippen molar-refractivity contribution in [2.24, 2.45) is 11.8 Å². The number of nitrogens with one attached hydrogen (secondary N) is 1. The molecule has 0 aromatic heterocycles. The highest BCUT2D eigenvalue weighted by Gasteiger charge is 2.33. The van der Waals surface area contributed by atoms with Gasteiger partial charge in [0, 0.05) is 13.2 Å². The average Bonchev–Trinajstić information content (AvgIpc) is 3.00. The van der Waals surface area contributed by atoms with Crippen LogP contribution in [0.4, 0.5) is 0 Å². The number of hydrogen-bond acceptors (Lipinski definition) is 2. The Hall–Kier alpha value is -0.0800.